The van der Waals surface area contributed by atoms with Crippen LogP contribution in [-0.2, 0) is 0 Å². The lowest BCUT2D eigenvalue weighted by molar-refractivity contribution is 0.0944. The molecule has 0 saturated heterocycles. The van der Waals surface area contributed by atoms with E-state index in [0.29, 0.717) is 11.5 Å². The van der Waals surface area contributed by atoms with Crippen molar-refractivity contribution in [2.75, 3.05) is 6.54 Å². The number of rotatable bonds is 4. The molecule has 5 nitrogen and oxygen atoms in total. The molecule has 1 saturated carbocycles. The smallest absolute Gasteiger partial charge is 0.330 e. The van der Waals surface area contributed by atoms with Crippen LogP contribution in [0.1, 0.15) is 61.0 Å². The Morgan fingerprint density at radius 3 is 2.36 bits per heavy atom. The first-order valence-corrected chi connectivity index (χ1v) is 9.31. The molecule has 5 heteroatoms. The number of carbonyl (C=O) groups is 1. The molecule has 0 atom stereocenters. The maximum Gasteiger partial charge on any atom is 0.330 e. The first-order valence-electron chi connectivity index (χ1n) is 9.31. The van der Waals surface area contributed by atoms with E-state index in [1.165, 1.54) is 44.9 Å². The minimum absolute atomic E-state index is 0.0354. The molecule has 0 radical (unpaired) electrons. The van der Waals surface area contributed by atoms with E-state index < -0.39 is 0 Å². The summed E-state index contributed by atoms with van der Waals surface area (Å²) in [5.74, 6) is 0.566. The highest BCUT2D eigenvalue weighted by molar-refractivity contribution is 5.94. The zero-order chi connectivity index (χ0) is 17.6. The van der Waals surface area contributed by atoms with Crippen LogP contribution in [0, 0.1) is 12.8 Å². The average molecular weight is 341 g/mol. The van der Waals surface area contributed by atoms with Crippen molar-refractivity contribution in [2.24, 2.45) is 5.92 Å². The van der Waals surface area contributed by atoms with Crippen molar-refractivity contribution in [3.8, 4) is 5.69 Å². The third-order valence-corrected chi connectivity index (χ3v) is 5.12. The third-order valence-electron chi connectivity index (χ3n) is 5.12. The standard InChI is InChI=1S/C20H27N3O2/c1-15-13-22-20(25)23(15)18-11-9-17(10-12-18)19(24)21-14-16-7-5-3-2-4-6-8-16/h9-13,16H,2-8,14H2,1H3,(H,21,24)(H,22,25). The molecule has 134 valence electrons. The summed E-state index contributed by atoms with van der Waals surface area (Å²) in [4.78, 5) is 26.9. The zero-order valence-electron chi connectivity index (χ0n) is 14.9. The molecule has 1 aromatic carbocycles. The second kappa shape index (κ2) is 8.19. The van der Waals surface area contributed by atoms with Gasteiger partial charge in [0, 0.05) is 24.0 Å². The summed E-state index contributed by atoms with van der Waals surface area (Å²) in [6.45, 7) is 2.63. The Balaban J connectivity index is 1.60. The number of amides is 1. The number of benzene rings is 1. The molecule has 0 unspecified atom stereocenters. The van der Waals surface area contributed by atoms with Crippen LogP contribution in [0.25, 0.3) is 5.69 Å². The number of hydrogen-bond acceptors (Lipinski definition) is 2. The van der Waals surface area contributed by atoms with Gasteiger partial charge in [-0.15, -0.1) is 0 Å². The predicted molar refractivity (Wildman–Crippen MR) is 99.3 cm³/mol. The largest absolute Gasteiger partial charge is 0.352 e. The number of aryl methyl sites for hydroxylation is 1. The Kier molecular flexibility index (Phi) is 5.74. The summed E-state index contributed by atoms with van der Waals surface area (Å²) in [5, 5.41) is 3.08. The average Bonchev–Trinajstić information content (AvgIpc) is 2.92. The van der Waals surface area contributed by atoms with Crippen LogP contribution in [0.15, 0.2) is 35.3 Å². The molecular formula is C20H27N3O2. The van der Waals surface area contributed by atoms with Crippen LogP contribution in [0.3, 0.4) is 0 Å². The van der Waals surface area contributed by atoms with Crippen LogP contribution < -0.4 is 11.0 Å². The minimum Gasteiger partial charge on any atom is -0.352 e. The highest BCUT2D eigenvalue weighted by Gasteiger charge is 2.14. The van der Waals surface area contributed by atoms with Crippen LogP contribution >= 0.6 is 0 Å². The van der Waals surface area contributed by atoms with Gasteiger partial charge in [-0.25, -0.2) is 4.79 Å². The molecule has 1 heterocycles. The number of aromatic amines is 1. The molecule has 0 spiro atoms. The van der Waals surface area contributed by atoms with Crippen LogP contribution in [-0.4, -0.2) is 22.0 Å². The Bertz CT molecular complexity index is 750. The van der Waals surface area contributed by atoms with E-state index in [2.05, 4.69) is 10.3 Å². The van der Waals surface area contributed by atoms with Gasteiger partial charge < -0.3 is 10.3 Å². The predicted octanol–water partition coefficient (Wildman–Crippen LogP) is 3.56. The Labute approximate surface area is 148 Å². The summed E-state index contributed by atoms with van der Waals surface area (Å²) < 4.78 is 1.59. The van der Waals surface area contributed by atoms with Gasteiger partial charge in [-0.1, -0.05) is 32.1 Å². The van der Waals surface area contributed by atoms with Crippen molar-refractivity contribution in [3.05, 3.63) is 52.2 Å². The quantitative estimate of drug-likeness (QED) is 0.893. The van der Waals surface area contributed by atoms with Gasteiger partial charge in [-0.3, -0.25) is 9.36 Å². The summed E-state index contributed by atoms with van der Waals surface area (Å²) in [6, 6.07) is 7.18. The van der Waals surface area contributed by atoms with E-state index in [4.69, 9.17) is 0 Å². The van der Waals surface area contributed by atoms with Crippen LogP contribution in [0.2, 0.25) is 0 Å². The highest BCUT2D eigenvalue weighted by atomic mass is 16.2. The number of imidazole rings is 1. The lowest BCUT2D eigenvalue weighted by Gasteiger charge is -2.20. The molecule has 2 aromatic rings. The van der Waals surface area contributed by atoms with Gasteiger partial charge in [-0.05, 0) is 49.9 Å². The van der Waals surface area contributed by atoms with Crippen molar-refractivity contribution in [3.63, 3.8) is 0 Å². The number of nitrogens with zero attached hydrogens (tertiary/aromatic N) is 1. The van der Waals surface area contributed by atoms with Gasteiger partial charge in [0.05, 0.1) is 5.69 Å². The maximum atomic E-state index is 12.4. The fourth-order valence-electron chi connectivity index (χ4n) is 3.62. The Morgan fingerprint density at radius 2 is 1.76 bits per heavy atom. The molecule has 0 aliphatic heterocycles. The first kappa shape index (κ1) is 17.5. The zero-order valence-corrected chi connectivity index (χ0v) is 14.9. The fourth-order valence-corrected chi connectivity index (χ4v) is 3.62. The van der Waals surface area contributed by atoms with Gasteiger partial charge in [0.15, 0.2) is 0 Å². The van der Waals surface area contributed by atoms with Crippen LogP contribution in [0.4, 0.5) is 0 Å². The summed E-state index contributed by atoms with van der Waals surface area (Å²) in [5.41, 5.74) is 2.07. The van der Waals surface area contributed by atoms with Gasteiger partial charge in [0.2, 0.25) is 0 Å². The number of nitrogens with one attached hydrogen (secondary N) is 2. The molecule has 1 aliphatic carbocycles. The Hall–Kier alpha value is -2.30. The van der Waals surface area contributed by atoms with Crippen molar-refractivity contribution >= 4 is 5.91 Å². The fraction of sp³-hybridized carbons (Fsp3) is 0.500. The second-order valence-corrected chi connectivity index (χ2v) is 7.04. The molecule has 2 N–H and O–H groups in total. The topological polar surface area (TPSA) is 66.9 Å². The van der Waals surface area contributed by atoms with Crippen molar-refractivity contribution in [1.29, 1.82) is 0 Å². The molecule has 1 aromatic heterocycles. The molecule has 1 amide bonds. The second-order valence-electron chi connectivity index (χ2n) is 7.04. The van der Waals surface area contributed by atoms with Gasteiger partial charge in [0.1, 0.15) is 0 Å². The van der Waals surface area contributed by atoms with Gasteiger partial charge in [0.25, 0.3) is 5.91 Å². The van der Waals surface area contributed by atoms with E-state index in [1.807, 2.05) is 19.1 Å². The number of hydrogen-bond donors (Lipinski definition) is 2. The monoisotopic (exact) mass is 341 g/mol. The molecule has 1 fully saturated rings. The highest BCUT2D eigenvalue weighted by Crippen LogP contribution is 2.21. The number of H-pyrrole nitrogens is 1. The molecule has 1 aliphatic rings. The SMILES string of the molecule is Cc1c[nH]c(=O)n1-c1ccc(C(=O)NCC2CCCCCCC2)cc1. The summed E-state index contributed by atoms with van der Waals surface area (Å²) >= 11 is 0. The van der Waals surface area contributed by atoms with E-state index in [1.54, 1.807) is 22.9 Å². The molecule has 25 heavy (non-hydrogen) atoms. The number of aromatic nitrogens is 2. The van der Waals surface area contributed by atoms with Crippen LogP contribution in [0.5, 0.6) is 0 Å². The minimum atomic E-state index is -0.168. The van der Waals surface area contributed by atoms with Gasteiger partial charge >= 0.3 is 5.69 Å². The summed E-state index contributed by atoms with van der Waals surface area (Å²) in [6.07, 6.45) is 10.7. The van der Waals surface area contributed by atoms with E-state index in [0.717, 1.165) is 17.9 Å². The van der Waals surface area contributed by atoms with Gasteiger partial charge in [-0.2, -0.15) is 0 Å². The maximum absolute atomic E-state index is 12.4. The lowest BCUT2D eigenvalue weighted by atomic mass is 9.91. The first-order chi connectivity index (χ1) is 12.1. The van der Waals surface area contributed by atoms with Crippen molar-refractivity contribution < 1.29 is 4.79 Å². The molecular weight excluding hydrogens is 314 g/mol. The molecule has 0 bridgehead atoms. The van der Waals surface area contributed by atoms with E-state index in [9.17, 15) is 9.59 Å². The van der Waals surface area contributed by atoms with Crippen molar-refractivity contribution in [1.82, 2.24) is 14.9 Å². The van der Waals surface area contributed by atoms with E-state index >= 15 is 0 Å². The van der Waals surface area contributed by atoms with E-state index in [-0.39, 0.29) is 11.6 Å². The Morgan fingerprint density at radius 1 is 1.12 bits per heavy atom. The lowest BCUT2D eigenvalue weighted by Crippen LogP contribution is -2.29. The normalized spacial score (nSPS) is 16.2. The summed E-state index contributed by atoms with van der Waals surface area (Å²) in [7, 11) is 0. The molecule has 3 rings (SSSR count). The van der Waals surface area contributed by atoms with Crippen molar-refractivity contribution in [2.45, 2.75) is 51.9 Å². The third kappa shape index (κ3) is 4.41. The number of carbonyl (C=O) groups excluding carboxylic acids is 1.